The fourth-order valence-electron chi connectivity index (χ4n) is 0.680. The monoisotopic (exact) mass is 244 g/mol. The van der Waals surface area contributed by atoms with Crippen molar-refractivity contribution < 1.29 is 40.5 Å². The minimum absolute atomic E-state index is 0.155. The lowest BCUT2D eigenvalue weighted by atomic mass is 10.2. The van der Waals surface area contributed by atoms with E-state index < -0.39 is 24.7 Å². The van der Waals surface area contributed by atoms with Gasteiger partial charge in [-0.3, -0.25) is 0 Å². The fraction of sp³-hybridized carbons (Fsp3) is 1.00. The molecule has 0 aliphatic carbocycles. The van der Waals surface area contributed by atoms with Crippen LogP contribution in [0.4, 0.5) is 30.9 Å². The zero-order valence-corrected chi connectivity index (χ0v) is 7.38. The molecular formula is C6H7F7O2. The van der Waals surface area contributed by atoms with Gasteiger partial charge in [-0.05, 0) is 10.9 Å². The van der Waals surface area contributed by atoms with E-state index in [1.54, 1.807) is 0 Å². The maximum Gasteiger partial charge on any atom is 0.456 e. The topological polar surface area (TPSA) is 18.5 Å². The first-order chi connectivity index (χ1) is 6.62. The van der Waals surface area contributed by atoms with Gasteiger partial charge in [0.2, 0.25) is 0 Å². The van der Waals surface area contributed by atoms with Crippen molar-refractivity contribution >= 4 is 0 Å². The van der Waals surface area contributed by atoms with Crippen molar-refractivity contribution in [3.63, 3.8) is 0 Å². The van der Waals surface area contributed by atoms with Crippen LogP contribution in [0.25, 0.3) is 0 Å². The maximum absolute atomic E-state index is 12.0. The molecule has 0 aliphatic rings. The molecule has 0 rings (SSSR count). The largest absolute Gasteiger partial charge is 0.456 e. The van der Waals surface area contributed by atoms with Crippen LogP contribution in [0.3, 0.4) is 0 Å². The van der Waals surface area contributed by atoms with Crippen LogP contribution in [0.1, 0.15) is 13.3 Å². The highest BCUT2D eigenvalue weighted by atomic mass is 19.4. The van der Waals surface area contributed by atoms with Crippen molar-refractivity contribution in [3.8, 4) is 0 Å². The molecule has 9 heteroatoms. The summed E-state index contributed by atoms with van der Waals surface area (Å²) in [6.45, 7) is 0.318. The molecule has 0 aromatic carbocycles. The van der Waals surface area contributed by atoms with Crippen molar-refractivity contribution in [3.05, 3.63) is 0 Å². The Kier molecular flexibility index (Phi) is 4.35. The van der Waals surface area contributed by atoms with Crippen LogP contribution in [-0.2, 0) is 9.68 Å². The van der Waals surface area contributed by atoms with Crippen LogP contribution in [0, 0.1) is 0 Å². The van der Waals surface area contributed by atoms with E-state index in [9.17, 15) is 30.9 Å². The van der Waals surface area contributed by atoms with Crippen LogP contribution in [0.2, 0.25) is 0 Å². The van der Waals surface area contributed by atoms with E-state index in [0.29, 0.717) is 0 Å². The van der Waals surface area contributed by atoms with Crippen molar-refractivity contribution in [1.29, 1.82) is 0 Å². The molecule has 0 unspecified atom stereocenters. The second-order valence-corrected chi connectivity index (χ2v) is 2.54. The SMILES string of the molecule is CCCOC(OF)(C(F)(F)F)C(F)(F)F. The molecule has 0 atom stereocenters. The molecule has 0 saturated carbocycles. The molecule has 92 valence electrons. The van der Waals surface area contributed by atoms with E-state index in [0.717, 1.165) is 0 Å². The third-order valence-corrected chi connectivity index (χ3v) is 1.36. The summed E-state index contributed by atoms with van der Waals surface area (Å²) < 4.78 is 86.9. The number of alkyl halides is 6. The van der Waals surface area contributed by atoms with Crippen LogP contribution < -0.4 is 0 Å². The van der Waals surface area contributed by atoms with Crippen LogP contribution in [0.5, 0.6) is 0 Å². The standard InChI is InChI=1S/C6H7F7O2/c1-2-3-14-4(15-13,5(7,8)9)6(10,11)12/h2-3H2,1H3. The van der Waals surface area contributed by atoms with Crippen LogP contribution in [0.15, 0.2) is 0 Å². The molecule has 2 nitrogen and oxygen atoms in total. The van der Waals surface area contributed by atoms with E-state index in [1.807, 2.05) is 4.94 Å². The molecule has 0 N–H and O–H groups in total. The highest BCUT2D eigenvalue weighted by molar-refractivity contribution is 4.86. The van der Waals surface area contributed by atoms with Gasteiger partial charge in [0.15, 0.2) is 0 Å². The average Bonchev–Trinajstić information content (AvgIpc) is 2.01. The first kappa shape index (κ1) is 14.4. The van der Waals surface area contributed by atoms with Crippen molar-refractivity contribution in [2.45, 2.75) is 31.5 Å². The summed E-state index contributed by atoms with van der Waals surface area (Å²) in [6.07, 6.45) is -12.2. The highest BCUT2D eigenvalue weighted by Crippen LogP contribution is 2.46. The molecule has 0 heterocycles. The zero-order valence-electron chi connectivity index (χ0n) is 7.38. The summed E-state index contributed by atoms with van der Waals surface area (Å²) >= 11 is 0. The summed E-state index contributed by atoms with van der Waals surface area (Å²) in [5.74, 6) is -5.20. The molecular weight excluding hydrogens is 237 g/mol. The molecule has 15 heavy (non-hydrogen) atoms. The lowest BCUT2D eigenvalue weighted by Gasteiger charge is -2.32. The van der Waals surface area contributed by atoms with Gasteiger partial charge in [0.25, 0.3) is 0 Å². The fourth-order valence-corrected chi connectivity index (χ4v) is 0.680. The molecule has 0 amide bonds. The first-order valence-electron chi connectivity index (χ1n) is 3.69. The van der Waals surface area contributed by atoms with Gasteiger partial charge in [0, 0.05) is 0 Å². The smallest absolute Gasteiger partial charge is 0.333 e. The Bertz CT molecular complexity index is 183. The van der Waals surface area contributed by atoms with Crippen LogP contribution in [-0.4, -0.2) is 24.7 Å². The third-order valence-electron chi connectivity index (χ3n) is 1.36. The molecule has 0 bridgehead atoms. The van der Waals surface area contributed by atoms with Gasteiger partial charge in [0.1, 0.15) is 0 Å². The van der Waals surface area contributed by atoms with Crippen molar-refractivity contribution in [1.82, 2.24) is 0 Å². The average molecular weight is 244 g/mol. The zero-order chi connectivity index (χ0) is 12.3. The van der Waals surface area contributed by atoms with Crippen LogP contribution >= 0.6 is 0 Å². The van der Waals surface area contributed by atoms with Gasteiger partial charge in [-0.25, -0.2) is 0 Å². The predicted molar refractivity (Wildman–Crippen MR) is 33.3 cm³/mol. The predicted octanol–water partition coefficient (Wildman–Crippen LogP) is 3.14. The van der Waals surface area contributed by atoms with Crippen molar-refractivity contribution in [2.75, 3.05) is 6.61 Å². The Morgan fingerprint density at radius 2 is 1.33 bits per heavy atom. The van der Waals surface area contributed by atoms with Gasteiger partial charge in [-0.15, -0.1) is 4.94 Å². The van der Waals surface area contributed by atoms with E-state index in [4.69, 9.17) is 0 Å². The summed E-state index contributed by atoms with van der Waals surface area (Å²) in [7, 11) is 0. The van der Waals surface area contributed by atoms with E-state index in [2.05, 4.69) is 4.74 Å². The van der Waals surface area contributed by atoms with E-state index >= 15 is 0 Å². The summed E-state index contributed by atoms with van der Waals surface area (Å²) in [5.41, 5.74) is 0. The number of hydrogen-bond acceptors (Lipinski definition) is 2. The number of ether oxygens (including phenoxy) is 1. The Labute approximate surface area is 79.9 Å². The minimum atomic E-state index is -6.05. The second-order valence-electron chi connectivity index (χ2n) is 2.54. The molecule has 0 aromatic heterocycles. The maximum atomic E-state index is 12.0. The molecule has 0 aromatic rings. The van der Waals surface area contributed by atoms with Crippen molar-refractivity contribution in [2.24, 2.45) is 0 Å². The number of rotatable bonds is 4. The lowest BCUT2D eigenvalue weighted by molar-refractivity contribution is -0.513. The summed E-state index contributed by atoms with van der Waals surface area (Å²) in [4.78, 5) is 2.00. The molecule has 0 aliphatic heterocycles. The number of hydrogen-bond donors (Lipinski definition) is 0. The van der Waals surface area contributed by atoms with E-state index in [-0.39, 0.29) is 6.42 Å². The quantitative estimate of drug-likeness (QED) is 0.558. The minimum Gasteiger partial charge on any atom is -0.333 e. The Hall–Kier alpha value is -0.570. The lowest BCUT2D eigenvalue weighted by Crippen LogP contribution is -2.59. The van der Waals surface area contributed by atoms with Gasteiger partial charge in [-0.1, -0.05) is 6.92 Å². The third kappa shape index (κ3) is 2.71. The molecule has 0 spiro atoms. The Morgan fingerprint density at radius 3 is 1.53 bits per heavy atom. The molecule has 0 radical (unpaired) electrons. The number of halogens is 7. The van der Waals surface area contributed by atoms with Gasteiger partial charge in [-0.2, -0.15) is 26.3 Å². The summed E-state index contributed by atoms with van der Waals surface area (Å²) in [6, 6.07) is 0. The first-order valence-corrected chi connectivity index (χ1v) is 3.69. The summed E-state index contributed by atoms with van der Waals surface area (Å²) in [5, 5.41) is 0. The normalized spacial score (nSPS) is 14.4. The molecule has 0 saturated heterocycles. The molecule has 0 fully saturated rings. The van der Waals surface area contributed by atoms with Gasteiger partial charge in [0.05, 0.1) is 6.61 Å². The highest BCUT2D eigenvalue weighted by Gasteiger charge is 2.76. The Morgan fingerprint density at radius 1 is 0.933 bits per heavy atom. The van der Waals surface area contributed by atoms with E-state index in [1.165, 1.54) is 6.92 Å². The second kappa shape index (κ2) is 4.52. The van der Waals surface area contributed by atoms with Gasteiger partial charge < -0.3 is 4.74 Å². The van der Waals surface area contributed by atoms with Gasteiger partial charge >= 0.3 is 18.1 Å². The Balaban J connectivity index is 5.13.